The fourth-order valence-corrected chi connectivity index (χ4v) is 3.35. The number of aromatic nitrogens is 1. The molecule has 2 fully saturated rings. The zero-order valence-corrected chi connectivity index (χ0v) is 12.6. The van der Waals surface area contributed by atoms with Crippen molar-refractivity contribution in [2.24, 2.45) is 11.3 Å². The van der Waals surface area contributed by atoms with Crippen LogP contribution in [0.3, 0.4) is 0 Å². The molecule has 1 aliphatic heterocycles. The molecule has 0 unspecified atom stereocenters. The number of fused-ring (bicyclic) bond motifs is 1. The molecule has 0 radical (unpaired) electrons. The summed E-state index contributed by atoms with van der Waals surface area (Å²) in [5, 5.41) is 3.52. The Morgan fingerprint density at radius 3 is 2.89 bits per heavy atom. The van der Waals surface area contributed by atoms with Gasteiger partial charge in [-0.2, -0.15) is 0 Å². The predicted octanol–water partition coefficient (Wildman–Crippen LogP) is 2.83. The average Bonchev–Trinajstić information content (AvgIpc) is 2.89. The monoisotopic (exact) mass is 304 g/mol. The molecule has 2 aliphatic rings. The number of hydrogen-bond acceptors (Lipinski definition) is 3. The molecule has 3 rings (SSSR count). The number of halogens is 2. The Bertz CT molecular complexity index is 365. The third-order valence-corrected chi connectivity index (χ3v) is 4.37. The Balaban J connectivity index is 0.000000902. The molecule has 0 aromatic carbocycles. The second-order valence-corrected chi connectivity index (χ2v) is 5.43. The van der Waals surface area contributed by atoms with Crippen LogP contribution in [0, 0.1) is 11.3 Å². The van der Waals surface area contributed by atoms with Crippen LogP contribution in [0.1, 0.15) is 24.8 Å². The third-order valence-electron chi connectivity index (χ3n) is 4.37. The van der Waals surface area contributed by atoms with Gasteiger partial charge in [0.25, 0.3) is 0 Å². The lowest BCUT2D eigenvalue weighted by atomic mass is 9.82. The fraction of sp³-hybridized carbons (Fsp3) is 0.643. The smallest absolute Gasteiger partial charge is 0.0718 e. The van der Waals surface area contributed by atoms with Gasteiger partial charge in [-0.15, -0.1) is 24.8 Å². The van der Waals surface area contributed by atoms with Gasteiger partial charge in [-0.25, -0.2) is 0 Å². The minimum Gasteiger partial charge on any atom is -0.376 e. The minimum absolute atomic E-state index is 0. The molecule has 1 aromatic heterocycles. The van der Waals surface area contributed by atoms with Crippen LogP contribution in [0.25, 0.3) is 0 Å². The molecule has 0 spiro atoms. The summed E-state index contributed by atoms with van der Waals surface area (Å²) >= 11 is 0. The van der Waals surface area contributed by atoms with E-state index in [0.29, 0.717) is 5.41 Å². The highest BCUT2D eigenvalue weighted by Crippen LogP contribution is 2.45. The van der Waals surface area contributed by atoms with Crippen LogP contribution >= 0.6 is 24.8 Å². The maximum Gasteiger partial charge on any atom is 0.0718 e. The number of hydrogen-bond donors (Lipinski definition) is 1. The second kappa shape index (κ2) is 7.44. The van der Waals surface area contributed by atoms with Crippen molar-refractivity contribution in [1.29, 1.82) is 0 Å². The number of nitrogens with zero attached hydrogens (tertiary/aromatic N) is 1. The standard InChI is InChI=1S/C14H20N2O.2ClH/c1-2-13-8-16-10-14(13,5-1)11-17-9-12-3-6-15-7-4-12;;/h3-4,6-7,13,16H,1-2,5,8-11H2;2*1H/t13-,14+;;/m1../s1. The second-order valence-electron chi connectivity index (χ2n) is 5.43. The summed E-state index contributed by atoms with van der Waals surface area (Å²) in [4.78, 5) is 4.02. The van der Waals surface area contributed by atoms with E-state index < -0.39 is 0 Å². The van der Waals surface area contributed by atoms with E-state index >= 15 is 0 Å². The first-order chi connectivity index (χ1) is 8.39. The predicted molar refractivity (Wildman–Crippen MR) is 81.0 cm³/mol. The molecule has 1 N–H and O–H groups in total. The van der Waals surface area contributed by atoms with E-state index in [0.717, 1.165) is 25.7 Å². The molecule has 5 heteroatoms. The highest BCUT2D eigenvalue weighted by molar-refractivity contribution is 5.85. The van der Waals surface area contributed by atoms with Crippen LogP contribution in [0.5, 0.6) is 0 Å². The normalized spacial score (nSPS) is 28.3. The minimum atomic E-state index is 0. The summed E-state index contributed by atoms with van der Waals surface area (Å²) < 4.78 is 5.94. The lowest BCUT2D eigenvalue weighted by Crippen LogP contribution is -2.31. The summed E-state index contributed by atoms with van der Waals surface area (Å²) in [6, 6.07) is 4.05. The maximum atomic E-state index is 5.94. The van der Waals surface area contributed by atoms with Gasteiger partial charge in [-0.3, -0.25) is 4.98 Å². The van der Waals surface area contributed by atoms with Crippen molar-refractivity contribution in [3.8, 4) is 0 Å². The topological polar surface area (TPSA) is 34.1 Å². The van der Waals surface area contributed by atoms with Gasteiger partial charge in [0.15, 0.2) is 0 Å². The van der Waals surface area contributed by atoms with Crippen LogP contribution in [0.4, 0.5) is 0 Å². The first-order valence-corrected chi connectivity index (χ1v) is 6.56. The van der Waals surface area contributed by atoms with Gasteiger partial charge in [0, 0.05) is 24.4 Å². The van der Waals surface area contributed by atoms with Gasteiger partial charge in [0.1, 0.15) is 0 Å². The quantitative estimate of drug-likeness (QED) is 0.929. The van der Waals surface area contributed by atoms with E-state index in [1.807, 2.05) is 24.5 Å². The van der Waals surface area contributed by atoms with E-state index in [1.54, 1.807) is 0 Å². The van der Waals surface area contributed by atoms with Crippen LogP contribution < -0.4 is 5.32 Å². The summed E-state index contributed by atoms with van der Waals surface area (Å²) in [5.41, 5.74) is 1.66. The van der Waals surface area contributed by atoms with Gasteiger partial charge < -0.3 is 10.1 Å². The molecule has 1 aliphatic carbocycles. The van der Waals surface area contributed by atoms with Crippen molar-refractivity contribution in [2.75, 3.05) is 19.7 Å². The van der Waals surface area contributed by atoms with E-state index in [4.69, 9.17) is 4.74 Å². The third kappa shape index (κ3) is 3.60. The van der Waals surface area contributed by atoms with Crippen LogP contribution in [0.15, 0.2) is 24.5 Å². The SMILES string of the molecule is Cl.Cl.c1cc(COC[C@@]23CCC[C@@H]2CNC3)ccn1. The Morgan fingerprint density at radius 1 is 1.32 bits per heavy atom. The van der Waals surface area contributed by atoms with Gasteiger partial charge in [0.2, 0.25) is 0 Å². The Kier molecular flexibility index (Phi) is 6.54. The number of rotatable bonds is 4. The van der Waals surface area contributed by atoms with E-state index in [-0.39, 0.29) is 24.8 Å². The van der Waals surface area contributed by atoms with Crippen molar-refractivity contribution >= 4 is 24.8 Å². The number of pyridine rings is 1. The Morgan fingerprint density at radius 2 is 2.11 bits per heavy atom. The number of ether oxygens (including phenoxy) is 1. The molecule has 1 saturated carbocycles. The van der Waals surface area contributed by atoms with Crippen molar-refractivity contribution in [3.63, 3.8) is 0 Å². The summed E-state index contributed by atoms with van der Waals surface area (Å²) in [5.74, 6) is 0.847. The average molecular weight is 305 g/mol. The van der Waals surface area contributed by atoms with Crippen LogP contribution in [-0.4, -0.2) is 24.7 Å². The molecular formula is C14H22Cl2N2O. The fourth-order valence-electron chi connectivity index (χ4n) is 3.35. The van der Waals surface area contributed by atoms with Crippen molar-refractivity contribution in [2.45, 2.75) is 25.9 Å². The maximum absolute atomic E-state index is 5.94. The van der Waals surface area contributed by atoms with Crippen LogP contribution in [-0.2, 0) is 11.3 Å². The van der Waals surface area contributed by atoms with Gasteiger partial charge in [0.05, 0.1) is 13.2 Å². The van der Waals surface area contributed by atoms with Crippen molar-refractivity contribution in [1.82, 2.24) is 10.3 Å². The Labute approximate surface area is 127 Å². The largest absolute Gasteiger partial charge is 0.376 e. The zero-order chi connectivity index (χ0) is 11.6. The van der Waals surface area contributed by atoms with Gasteiger partial charge in [-0.05, 0) is 43.0 Å². The Hall–Kier alpha value is -0.350. The lowest BCUT2D eigenvalue weighted by Gasteiger charge is -2.28. The molecule has 2 heterocycles. The summed E-state index contributed by atoms with van der Waals surface area (Å²) in [6.45, 7) is 3.97. The van der Waals surface area contributed by atoms with Gasteiger partial charge >= 0.3 is 0 Å². The van der Waals surface area contributed by atoms with Crippen LogP contribution in [0.2, 0.25) is 0 Å². The zero-order valence-electron chi connectivity index (χ0n) is 11.0. The molecule has 3 nitrogen and oxygen atoms in total. The summed E-state index contributed by atoms with van der Waals surface area (Å²) in [6.07, 6.45) is 7.75. The number of nitrogens with one attached hydrogen (secondary N) is 1. The molecule has 0 amide bonds. The van der Waals surface area contributed by atoms with E-state index in [1.165, 1.54) is 31.4 Å². The first-order valence-electron chi connectivity index (χ1n) is 6.56. The van der Waals surface area contributed by atoms with Crippen molar-refractivity contribution in [3.05, 3.63) is 30.1 Å². The first kappa shape index (κ1) is 16.7. The molecule has 0 bridgehead atoms. The lowest BCUT2D eigenvalue weighted by molar-refractivity contribution is 0.0309. The highest BCUT2D eigenvalue weighted by Gasteiger charge is 2.46. The molecular weight excluding hydrogens is 283 g/mol. The van der Waals surface area contributed by atoms with E-state index in [9.17, 15) is 0 Å². The molecule has 19 heavy (non-hydrogen) atoms. The molecule has 1 saturated heterocycles. The molecule has 2 atom stereocenters. The highest BCUT2D eigenvalue weighted by atomic mass is 35.5. The molecule has 1 aromatic rings. The molecule has 108 valence electrons. The van der Waals surface area contributed by atoms with E-state index in [2.05, 4.69) is 10.3 Å². The summed E-state index contributed by atoms with van der Waals surface area (Å²) in [7, 11) is 0. The van der Waals surface area contributed by atoms with Crippen molar-refractivity contribution < 1.29 is 4.74 Å². The van der Waals surface area contributed by atoms with Gasteiger partial charge in [-0.1, -0.05) is 6.42 Å².